The van der Waals surface area contributed by atoms with Crippen molar-refractivity contribution in [2.24, 2.45) is 0 Å². The number of hydrogen-bond acceptors (Lipinski definition) is 6. The number of aromatic nitrogens is 4. The van der Waals surface area contributed by atoms with Gasteiger partial charge in [-0.05, 0) is 25.1 Å². The first-order valence-electron chi connectivity index (χ1n) is 6.89. The van der Waals surface area contributed by atoms with Gasteiger partial charge in [0.25, 0.3) is 0 Å². The van der Waals surface area contributed by atoms with Crippen LogP contribution in [0, 0.1) is 13.0 Å². The lowest BCUT2D eigenvalue weighted by atomic mass is 10.3. The molecule has 1 aromatic carbocycles. The smallest absolute Gasteiger partial charge is 0.222 e. The Bertz CT molecular complexity index is 780. The van der Waals surface area contributed by atoms with Crippen molar-refractivity contribution in [2.75, 3.05) is 5.32 Å². The van der Waals surface area contributed by atoms with E-state index >= 15 is 0 Å². The van der Waals surface area contributed by atoms with Crippen LogP contribution in [0.15, 0.2) is 42.7 Å². The van der Waals surface area contributed by atoms with Gasteiger partial charge in [0.15, 0.2) is 0 Å². The van der Waals surface area contributed by atoms with Crippen LogP contribution in [0.2, 0.25) is 5.02 Å². The highest BCUT2D eigenvalue weighted by Crippen LogP contribution is 2.19. The van der Waals surface area contributed by atoms with Crippen molar-refractivity contribution in [1.29, 1.82) is 0 Å². The maximum atomic E-state index is 5.76. The lowest BCUT2D eigenvalue weighted by Gasteiger charge is -2.08. The van der Waals surface area contributed by atoms with E-state index < -0.39 is 0 Å². The molecule has 0 atom stereocenters. The molecule has 0 bridgehead atoms. The maximum absolute atomic E-state index is 5.76. The minimum atomic E-state index is 0.448. The van der Waals surface area contributed by atoms with Gasteiger partial charge >= 0.3 is 0 Å². The topological polar surface area (TPSA) is 72.8 Å². The molecular formula is C16H13ClN5O. The molecule has 0 amide bonds. The Balaban J connectivity index is 1.71. The van der Waals surface area contributed by atoms with Gasteiger partial charge in [-0.2, -0.15) is 4.98 Å². The SMILES string of the molecule is Cc1nc(CNc2ncc(Cl)cn2)cc(Oc2cc[c]cc2)n1. The second kappa shape index (κ2) is 7.02. The first-order chi connectivity index (χ1) is 11.2. The van der Waals surface area contributed by atoms with Gasteiger partial charge in [0, 0.05) is 6.07 Å². The number of nitrogens with one attached hydrogen (secondary N) is 1. The molecule has 7 heteroatoms. The van der Waals surface area contributed by atoms with Crippen molar-refractivity contribution in [1.82, 2.24) is 19.9 Å². The van der Waals surface area contributed by atoms with Crippen molar-refractivity contribution in [3.8, 4) is 11.6 Å². The van der Waals surface area contributed by atoms with E-state index in [2.05, 4.69) is 31.3 Å². The molecule has 23 heavy (non-hydrogen) atoms. The molecule has 0 spiro atoms. The van der Waals surface area contributed by atoms with Crippen LogP contribution in [0.4, 0.5) is 5.95 Å². The summed E-state index contributed by atoms with van der Waals surface area (Å²) in [5.41, 5.74) is 0.772. The van der Waals surface area contributed by atoms with E-state index in [1.165, 1.54) is 12.4 Å². The van der Waals surface area contributed by atoms with Crippen molar-refractivity contribution in [2.45, 2.75) is 13.5 Å². The van der Waals surface area contributed by atoms with Crippen molar-refractivity contribution < 1.29 is 4.74 Å². The monoisotopic (exact) mass is 326 g/mol. The number of ether oxygens (including phenoxy) is 1. The second-order valence-electron chi connectivity index (χ2n) is 4.66. The van der Waals surface area contributed by atoms with Crippen LogP contribution in [-0.2, 0) is 6.54 Å². The number of halogens is 1. The molecule has 2 heterocycles. The van der Waals surface area contributed by atoms with Gasteiger partial charge in [0.1, 0.15) is 11.6 Å². The predicted octanol–water partition coefficient (Wildman–Crippen LogP) is 3.43. The Morgan fingerprint density at radius 3 is 2.65 bits per heavy atom. The van der Waals surface area contributed by atoms with Gasteiger partial charge in [-0.15, -0.1) is 0 Å². The van der Waals surface area contributed by atoms with Gasteiger partial charge in [0.2, 0.25) is 11.8 Å². The average molecular weight is 327 g/mol. The number of hydrogen-bond donors (Lipinski definition) is 1. The zero-order valence-electron chi connectivity index (χ0n) is 12.3. The molecule has 0 aliphatic carbocycles. The molecule has 6 nitrogen and oxygen atoms in total. The molecule has 0 saturated heterocycles. The number of anilines is 1. The van der Waals surface area contributed by atoms with E-state index in [4.69, 9.17) is 16.3 Å². The summed E-state index contributed by atoms with van der Waals surface area (Å²) in [6.45, 7) is 2.26. The van der Waals surface area contributed by atoms with Gasteiger partial charge in [-0.25, -0.2) is 15.0 Å². The molecule has 0 saturated carbocycles. The number of rotatable bonds is 5. The fourth-order valence-corrected chi connectivity index (χ4v) is 1.97. The highest BCUT2D eigenvalue weighted by atomic mass is 35.5. The third-order valence-electron chi connectivity index (χ3n) is 2.83. The summed E-state index contributed by atoms with van der Waals surface area (Å²) in [6.07, 6.45) is 3.06. The van der Waals surface area contributed by atoms with E-state index in [-0.39, 0.29) is 0 Å². The first kappa shape index (κ1) is 15.2. The Morgan fingerprint density at radius 2 is 1.91 bits per heavy atom. The van der Waals surface area contributed by atoms with Crippen LogP contribution in [0.5, 0.6) is 11.6 Å². The standard InChI is InChI=1S/C16H13ClN5O/c1-11-21-13(10-20-16-18-8-12(17)9-19-16)7-15(22-11)23-14-5-3-2-4-6-14/h3-9H,10H2,1H3,(H,18,19,20). The summed E-state index contributed by atoms with van der Waals surface area (Å²) >= 11 is 5.76. The van der Waals surface area contributed by atoms with Crippen molar-refractivity contribution in [3.05, 3.63) is 65.3 Å². The van der Waals surface area contributed by atoms with E-state index in [1.807, 2.05) is 19.1 Å². The third-order valence-corrected chi connectivity index (χ3v) is 3.02. The summed E-state index contributed by atoms with van der Waals surface area (Å²) in [6, 6.07) is 11.9. The van der Waals surface area contributed by atoms with Gasteiger partial charge < -0.3 is 10.1 Å². The van der Waals surface area contributed by atoms with Crippen molar-refractivity contribution in [3.63, 3.8) is 0 Å². The molecule has 115 valence electrons. The summed E-state index contributed by atoms with van der Waals surface area (Å²) in [7, 11) is 0. The molecule has 0 fully saturated rings. The molecule has 3 aromatic rings. The fraction of sp³-hybridized carbons (Fsp3) is 0.125. The summed E-state index contributed by atoms with van der Waals surface area (Å²) in [5, 5.41) is 3.56. The number of aryl methyl sites for hydroxylation is 1. The van der Waals surface area contributed by atoms with Crippen LogP contribution >= 0.6 is 11.6 Å². The zero-order chi connectivity index (χ0) is 16.1. The van der Waals surface area contributed by atoms with E-state index in [1.54, 1.807) is 18.2 Å². The summed E-state index contributed by atoms with van der Waals surface area (Å²) < 4.78 is 5.72. The minimum Gasteiger partial charge on any atom is -0.439 e. The predicted molar refractivity (Wildman–Crippen MR) is 86.5 cm³/mol. The highest BCUT2D eigenvalue weighted by Gasteiger charge is 2.05. The minimum absolute atomic E-state index is 0.448. The third kappa shape index (κ3) is 4.37. The van der Waals surface area contributed by atoms with E-state index in [0.717, 1.165) is 5.69 Å². The number of benzene rings is 1. The molecule has 1 N–H and O–H groups in total. The lowest BCUT2D eigenvalue weighted by molar-refractivity contribution is 0.458. The highest BCUT2D eigenvalue weighted by molar-refractivity contribution is 6.30. The largest absolute Gasteiger partial charge is 0.439 e. The Morgan fingerprint density at radius 1 is 1.17 bits per heavy atom. The summed E-state index contributed by atoms with van der Waals surface area (Å²) in [5.74, 6) is 2.28. The van der Waals surface area contributed by atoms with Crippen molar-refractivity contribution >= 4 is 17.5 Å². The maximum Gasteiger partial charge on any atom is 0.222 e. The zero-order valence-corrected chi connectivity index (χ0v) is 13.1. The molecule has 0 unspecified atom stereocenters. The molecule has 3 rings (SSSR count). The number of nitrogens with zero attached hydrogens (tertiary/aromatic N) is 4. The van der Waals surface area contributed by atoms with Crippen LogP contribution in [0.25, 0.3) is 0 Å². The quantitative estimate of drug-likeness (QED) is 0.774. The van der Waals surface area contributed by atoms with Gasteiger partial charge in [-0.3, -0.25) is 0 Å². The van der Waals surface area contributed by atoms with Gasteiger partial charge in [-0.1, -0.05) is 23.7 Å². The van der Waals surface area contributed by atoms with Gasteiger partial charge in [0.05, 0.1) is 29.7 Å². The van der Waals surface area contributed by atoms with Crippen LogP contribution < -0.4 is 10.1 Å². The normalized spacial score (nSPS) is 10.3. The lowest BCUT2D eigenvalue weighted by Crippen LogP contribution is -2.06. The first-order valence-corrected chi connectivity index (χ1v) is 7.27. The fourth-order valence-electron chi connectivity index (χ4n) is 1.88. The second-order valence-corrected chi connectivity index (χ2v) is 5.10. The molecule has 1 radical (unpaired) electrons. The molecule has 0 aliphatic rings. The average Bonchev–Trinajstić information content (AvgIpc) is 2.55. The Labute approximate surface area is 138 Å². The molecular weight excluding hydrogens is 314 g/mol. The molecule has 0 aliphatic heterocycles. The van der Waals surface area contributed by atoms with Crippen LogP contribution in [0.1, 0.15) is 11.5 Å². The van der Waals surface area contributed by atoms with E-state index in [0.29, 0.717) is 35.0 Å². The van der Waals surface area contributed by atoms with Crippen LogP contribution in [0.3, 0.4) is 0 Å². The van der Waals surface area contributed by atoms with Crippen LogP contribution in [-0.4, -0.2) is 19.9 Å². The Hall–Kier alpha value is -2.73. The Kier molecular flexibility index (Phi) is 4.63. The summed E-state index contributed by atoms with van der Waals surface area (Å²) in [4.78, 5) is 16.8. The molecule has 2 aromatic heterocycles. The van der Waals surface area contributed by atoms with E-state index in [9.17, 15) is 0 Å².